The number of hydrogen-bond acceptors (Lipinski definition) is 5. The minimum Gasteiger partial charge on any atom is -0.388 e. The second-order valence-electron chi connectivity index (χ2n) is 5.12. The molecule has 1 aliphatic heterocycles. The summed E-state index contributed by atoms with van der Waals surface area (Å²) >= 11 is 1.27. The summed E-state index contributed by atoms with van der Waals surface area (Å²) in [5.74, 6) is -0.279. The summed E-state index contributed by atoms with van der Waals surface area (Å²) in [6.07, 6.45) is 2.27. The molecular weight excluding hydrogens is 280 g/mol. The standard InChI is InChI=1S/C13H16N2O4S/c1-13(17)5-6-14(8-13)12(16)9-3-4-11(20-2)10(7-9)15(18)19/h3-4,7,17H,5-6,8H2,1-2H3. The fourth-order valence-electron chi connectivity index (χ4n) is 2.27. The summed E-state index contributed by atoms with van der Waals surface area (Å²) in [6, 6.07) is 4.49. The van der Waals surface area contributed by atoms with E-state index in [-0.39, 0.29) is 23.7 Å². The Morgan fingerprint density at radius 2 is 2.25 bits per heavy atom. The molecule has 1 unspecified atom stereocenters. The van der Waals surface area contributed by atoms with Crippen molar-refractivity contribution in [2.24, 2.45) is 0 Å². The minimum absolute atomic E-state index is 0.0608. The van der Waals surface area contributed by atoms with Crippen LogP contribution in [-0.2, 0) is 0 Å². The fourth-order valence-corrected chi connectivity index (χ4v) is 2.81. The second kappa shape index (κ2) is 5.41. The summed E-state index contributed by atoms with van der Waals surface area (Å²) in [4.78, 5) is 24.9. The number of aliphatic hydroxyl groups is 1. The molecule has 0 radical (unpaired) electrons. The molecule has 1 fully saturated rings. The maximum absolute atomic E-state index is 12.3. The lowest BCUT2D eigenvalue weighted by Gasteiger charge is -2.19. The van der Waals surface area contributed by atoms with Crippen LogP contribution in [0.1, 0.15) is 23.7 Å². The van der Waals surface area contributed by atoms with E-state index >= 15 is 0 Å². The van der Waals surface area contributed by atoms with E-state index in [1.54, 1.807) is 25.3 Å². The highest BCUT2D eigenvalue weighted by molar-refractivity contribution is 7.98. The van der Waals surface area contributed by atoms with Gasteiger partial charge < -0.3 is 10.0 Å². The molecule has 0 saturated carbocycles. The van der Waals surface area contributed by atoms with Crippen molar-refractivity contribution in [3.8, 4) is 0 Å². The zero-order valence-electron chi connectivity index (χ0n) is 11.3. The number of nitro benzene ring substituents is 1. The summed E-state index contributed by atoms with van der Waals surface area (Å²) in [7, 11) is 0. The lowest BCUT2D eigenvalue weighted by molar-refractivity contribution is -0.387. The number of hydrogen-bond donors (Lipinski definition) is 1. The molecule has 108 valence electrons. The van der Waals surface area contributed by atoms with Crippen molar-refractivity contribution in [3.63, 3.8) is 0 Å². The molecule has 6 nitrogen and oxygen atoms in total. The van der Waals surface area contributed by atoms with Crippen LogP contribution in [0.15, 0.2) is 23.1 Å². The van der Waals surface area contributed by atoms with E-state index in [0.717, 1.165) is 0 Å². The highest BCUT2D eigenvalue weighted by atomic mass is 32.2. The van der Waals surface area contributed by atoms with Gasteiger partial charge in [-0.25, -0.2) is 0 Å². The number of carbonyl (C=O) groups is 1. The number of thioether (sulfide) groups is 1. The molecule has 1 N–H and O–H groups in total. The number of nitro groups is 1. The number of rotatable bonds is 3. The van der Waals surface area contributed by atoms with Crippen molar-refractivity contribution in [1.82, 2.24) is 4.90 Å². The van der Waals surface area contributed by atoms with Crippen LogP contribution < -0.4 is 0 Å². The molecule has 1 saturated heterocycles. The summed E-state index contributed by atoms with van der Waals surface area (Å²) < 4.78 is 0. The monoisotopic (exact) mass is 296 g/mol. The Hall–Kier alpha value is -1.60. The Labute approximate surface area is 120 Å². The van der Waals surface area contributed by atoms with Gasteiger partial charge in [-0.2, -0.15) is 0 Å². The van der Waals surface area contributed by atoms with Crippen LogP contribution >= 0.6 is 11.8 Å². The molecule has 0 spiro atoms. The van der Waals surface area contributed by atoms with Gasteiger partial charge in [-0.15, -0.1) is 11.8 Å². The average molecular weight is 296 g/mol. The highest BCUT2D eigenvalue weighted by Crippen LogP contribution is 2.29. The van der Waals surface area contributed by atoms with Gasteiger partial charge in [0.2, 0.25) is 0 Å². The third kappa shape index (κ3) is 2.94. The average Bonchev–Trinajstić information content (AvgIpc) is 2.77. The van der Waals surface area contributed by atoms with Crippen molar-refractivity contribution in [2.75, 3.05) is 19.3 Å². The minimum atomic E-state index is -0.874. The molecule has 0 aromatic heterocycles. The third-order valence-corrected chi connectivity index (χ3v) is 4.15. The van der Waals surface area contributed by atoms with Crippen molar-refractivity contribution in [2.45, 2.75) is 23.8 Å². The SMILES string of the molecule is CSc1ccc(C(=O)N2CCC(C)(O)C2)cc1[N+](=O)[O-]. The van der Waals surface area contributed by atoms with Crippen LogP contribution in [0.5, 0.6) is 0 Å². The Bertz CT molecular complexity index is 559. The van der Waals surface area contributed by atoms with Gasteiger partial charge in [0.25, 0.3) is 11.6 Å². The zero-order chi connectivity index (χ0) is 14.9. The number of amides is 1. The zero-order valence-corrected chi connectivity index (χ0v) is 12.1. The Morgan fingerprint density at radius 1 is 1.55 bits per heavy atom. The predicted octanol–water partition coefficient (Wildman–Crippen LogP) is 1.91. The van der Waals surface area contributed by atoms with E-state index in [9.17, 15) is 20.0 Å². The lowest BCUT2D eigenvalue weighted by atomic mass is 10.1. The van der Waals surface area contributed by atoms with Crippen molar-refractivity contribution < 1.29 is 14.8 Å². The van der Waals surface area contributed by atoms with E-state index in [1.165, 1.54) is 22.7 Å². The first kappa shape index (κ1) is 14.8. The molecule has 1 aromatic rings. The van der Waals surface area contributed by atoms with Crippen molar-refractivity contribution in [1.29, 1.82) is 0 Å². The highest BCUT2D eigenvalue weighted by Gasteiger charge is 2.34. The van der Waals surface area contributed by atoms with Crippen LogP contribution in [0.25, 0.3) is 0 Å². The van der Waals surface area contributed by atoms with Crippen LogP contribution in [-0.4, -0.2) is 45.8 Å². The maximum atomic E-state index is 12.3. The molecule has 1 amide bonds. The Morgan fingerprint density at radius 3 is 2.75 bits per heavy atom. The van der Waals surface area contributed by atoms with Gasteiger partial charge in [0.05, 0.1) is 15.4 Å². The van der Waals surface area contributed by atoms with Gasteiger partial charge in [0.15, 0.2) is 0 Å². The van der Waals surface area contributed by atoms with E-state index in [0.29, 0.717) is 17.9 Å². The molecule has 1 heterocycles. The molecule has 7 heteroatoms. The fraction of sp³-hybridized carbons (Fsp3) is 0.462. The first-order valence-corrected chi connectivity index (χ1v) is 7.40. The number of benzene rings is 1. The van der Waals surface area contributed by atoms with Gasteiger partial charge in [-0.05, 0) is 31.7 Å². The van der Waals surface area contributed by atoms with Gasteiger partial charge >= 0.3 is 0 Å². The van der Waals surface area contributed by atoms with Crippen LogP contribution in [0, 0.1) is 10.1 Å². The molecule has 20 heavy (non-hydrogen) atoms. The summed E-state index contributed by atoms with van der Waals surface area (Å²) in [5, 5.41) is 20.9. The van der Waals surface area contributed by atoms with Crippen LogP contribution in [0.3, 0.4) is 0 Å². The molecule has 0 bridgehead atoms. The number of β-amino-alcohol motifs (C(OH)–C–C–N with tert-alkyl or cyclic N) is 1. The largest absolute Gasteiger partial charge is 0.388 e. The number of likely N-dealkylation sites (tertiary alicyclic amines) is 1. The van der Waals surface area contributed by atoms with Gasteiger partial charge in [-0.1, -0.05) is 0 Å². The number of nitrogens with zero attached hydrogens (tertiary/aromatic N) is 2. The van der Waals surface area contributed by atoms with Crippen molar-refractivity contribution in [3.05, 3.63) is 33.9 Å². The normalized spacial score (nSPS) is 22.1. The first-order valence-electron chi connectivity index (χ1n) is 6.18. The summed E-state index contributed by atoms with van der Waals surface area (Å²) in [6.45, 7) is 2.40. The van der Waals surface area contributed by atoms with E-state index in [1.807, 2.05) is 0 Å². The van der Waals surface area contributed by atoms with E-state index < -0.39 is 10.5 Å². The van der Waals surface area contributed by atoms with Crippen LogP contribution in [0.4, 0.5) is 5.69 Å². The quantitative estimate of drug-likeness (QED) is 0.523. The predicted molar refractivity (Wildman–Crippen MR) is 76.0 cm³/mol. The molecule has 1 aliphatic rings. The van der Waals surface area contributed by atoms with Gasteiger partial charge in [0, 0.05) is 24.7 Å². The van der Waals surface area contributed by atoms with Gasteiger partial charge in [-0.3, -0.25) is 14.9 Å². The molecule has 2 rings (SSSR count). The smallest absolute Gasteiger partial charge is 0.283 e. The van der Waals surface area contributed by atoms with Crippen LogP contribution in [0.2, 0.25) is 0 Å². The lowest BCUT2D eigenvalue weighted by Crippen LogP contribution is -2.33. The molecule has 1 atom stereocenters. The molecular formula is C13H16N2O4S. The van der Waals surface area contributed by atoms with E-state index in [2.05, 4.69) is 0 Å². The first-order chi connectivity index (χ1) is 9.34. The third-order valence-electron chi connectivity index (χ3n) is 3.36. The Balaban J connectivity index is 2.27. The Kier molecular flexibility index (Phi) is 4.01. The topological polar surface area (TPSA) is 83.7 Å². The molecule has 1 aromatic carbocycles. The maximum Gasteiger partial charge on any atom is 0.283 e. The van der Waals surface area contributed by atoms with Gasteiger partial charge in [0.1, 0.15) is 0 Å². The second-order valence-corrected chi connectivity index (χ2v) is 5.97. The van der Waals surface area contributed by atoms with E-state index in [4.69, 9.17) is 0 Å². The number of carbonyl (C=O) groups excluding carboxylic acids is 1. The summed E-state index contributed by atoms with van der Waals surface area (Å²) in [5.41, 5.74) is -0.651. The molecule has 0 aliphatic carbocycles. The van der Waals surface area contributed by atoms with Crippen molar-refractivity contribution >= 4 is 23.4 Å².